The van der Waals surface area contributed by atoms with Crippen molar-refractivity contribution in [1.82, 2.24) is 14.8 Å². The van der Waals surface area contributed by atoms with Crippen LogP contribution in [0.3, 0.4) is 0 Å². The molecule has 2 aromatic rings. The minimum Gasteiger partial charge on any atom is -0.370 e. The van der Waals surface area contributed by atoms with Crippen molar-refractivity contribution in [3.8, 4) is 0 Å². The van der Waals surface area contributed by atoms with Gasteiger partial charge in [-0.25, -0.2) is 0 Å². The predicted octanol–water partition coefficient (Wildman–Crippen LogP) is 2.95. The number of halogens is 3. The van der Waals surface area contributed by atoms with Crippen molar-refractivity contribution in [2.24, 2.45) is 5.73 Å². The lowest BCUT2D eigenvalue weighted by molar-refractivity contribution is 0.0837. The topological polar surface area (TPSA) is 89.2 Å². The molecule has 0 fully saturated rings. The van der Waals surface area contributed by atoms with E-state index in [0.717, 1.165) is 23.9 Å². The minimum absolute atomic E-state index is 0. The third kappa shape index (κ3) is 5.27. The number of nitrogens with two attached hydrogens (primary N) is 1. The second kappa shape index (κ2) is 9.74. The average Bonchev–Trinajstić information content (AvgIpc) is 2.88. The second-order valence-electron chi connectivity index (χ2n) is 5.38. The maximum absolute atomic E-state index is 12.6. The molecule has 0 aliphatic heterocycles. The first-order valence-electron chi connectivity index (χ1n) is 6.98. The summed E-state index contributed by atoms with van der Waals surface area (Å²) in [5, 5.41) is 8.98. The number of aromatic nitrogens is 1. The number of benzene rings is 1. The summed E-state index contributed by atoms with van der Waals surface area (Å²) in [7, 11) is 3.92. The molecule has 4 N–H and O–H groups in total. The first-order valence-corrected chi connectivity index (χ1v) is 7.36. The van der Waals surface area contributed by atoms with Crippen LogP contribution < -0.4 is 5.73 Å². The van der Waals surface area contributed by atoms with Crippen LogP contribution in [-0.4, -0.2) is 53.8 Å². The molecule has 0 atom stereocenters. The number of nitrogens with one attached hydrogen (secondary N) is 2. The van der Waals surface area contributed by atoms with Crippen molar-refractivity contribution in [3.63, 3.8) is 0 Å². The molecule has 0 saturated heterocycles. The van der Waals surface area contributed by atoms with Gasteiger partial charge in [0, 0.05) is 22.5 Å². The van der Waals surface area contributed by atoms with Crippen molar-refractivity contribution >= 4 is 59.2 Å². The third-order valence-corrected chi connectivity index (χ3v) is 3.69. The molecule has 0 aliphatic rings. The summed E-state index contributed by atoms with van der Waals surface area (Å²) >= 11 is 6.12. The summed E-state index contributed by atoms with van der Waals surface area (Å²) in [4.78, 5) is 18.9. The molecule has 2 rings (SSSR count). The Bertz CT molecular complexity index is 701. The zero-order valence-electron chi connectivity index (χ0n) is 13.5. The van der Waals surface area contributed by atoms with Crippen LogP contribution in [0.4, 0.5) is 0 Å². The summed E-state index contributed by atoms with van der Waals surface area (Å²) in [6.07, 6.45) is 0.735. The first kappa shape index (κ1) is 22.5. The molecule has 0 aliphatic carbocycles. The van der Waals surface area contributed by atoms with E-state index in [1.807, 2.05) is 31.1 Å². The van der Waals surface area contributed by atoms with E-state index in [2.05, 4.69) is 4.98 Å². The maximum atomic E-state index is 12.6. The third-order valence-electron chi connectivity index (χ3n) is 3.36. The van der Waals surface area contributed by atoms with Gasteiger partial charge in [-0.15, -0.1) is 24.8 Å². The summed E-state index contributed by atoms with van der Waals surface area (Å²) in [5.41, 5.74) is 6.71. The van der Waals surface area contributed by atoms with Gasteiger partial charge in [0.1, 0.15) is 5.69 Å². The smallest absolute Gasteiger partial charge is 0.276 e. The van der Waals surface area contributed by atoms with Crippen LogP contribution in [-0.2, 0) is 0 Å². The fraction of sp³-hybridized carbons (Fsp3) is 0.333. The van der Waals surface area contributed by atoms with Crippen LogP contribution in [0.2, 0.25) is 5.02 Å². The normalized spacial score (nSPS) is 10.2. The van der Waals surface area contributed by atoms with Gasteiger partial charge in [0.2, 0.25) is 0 Å². The number of rotatable bonds is 5. The van der Waals surface area contributed by atoms with Crippen LogP contribution in [0.25, 0.3) is 10.9 Å². The molecule has 0 bridgehead atoms. The van der Waals surface area contributed by atoms with E-state index >= 15 is 0 Å². The number of nitrogens with zero attached hydrogens (tertiary/aromatic N) is 2. The van der Waals surface area contributed by atoms with Gasteiger partial charge in [-0.05, 0) is 45.3 Å². The molecule has 1 amide bonds. The van der Waals surface area contributed by atoms with Crippen LogP contribution in [0, 0.1) is 5.41 Å². The average molecular weight is 395 g/mol. The quantitative estimate of drug-likeness (QED) is 0.538. The fourth-order valence-electron chi connectivity index (χ4n) is 2.26. The van der Waals surface area contributed by atoms with Crippen molar-refractivity contribution in [2.75, 3.05) is 27.2 Å². The lowest BCUT2D eigenvalue weighted by Crippen LogP contribution is -2.42. The molecule has 0 radical (unpaired) electrons. The van der Waals surface area contributed by atoms with Gasteiger partial charge in [0.25, 0.3) is 5.91 Å². The molecule has 24 heavy (non-hydrogen) atoms. The van der Waals surface area contributed by atoms with Crippen LogP contribution >= 0.6 is 36.4 Å². The number of guanidine groups is 1. The van der Waals surface area contributed by atoms with Crippen LogP contribution in [0.1, 0.15) is 16.9 Å². The Kier molecular flexibility index (Phi) is 9.14. The van der Waals surface area contributed by atoms with Gasteiger partial charge < -0.3 is 15.6 Å². The van der Waals surface area contributed by atoms with Gasteiger partial charge in [-0.3, -0.25) is 15.1 Å². The Labute approximate surface area is 158 Å². The van der Waals surface area contributed by atoms with E-state index in [9.17, 15) is 4.79 Å². The van der Waals surface area contributed by atoms with E-state index in [0.29, 0.717) is 17.3 Å². The van der Waals surface area contributed by atoms with Gasteiger partial charge in [0.05, 0.1) is 0 Å². The Balaban J connectivity index is 0.00000264. The SMILES string of the molecule is CN(C)CCCN(C(=N)N)C(=O)c1cc2c(Cl)cccc2[nH]1.Cl.Cl. The molecule has 1 aromatic heterocycles. The summed E-state index contributed by atoms with van der Waals surface area (Å²) < 4.78 is 0. The molecule has 0 saturated carbocycles. The highest BCUT2D eigenvalue weighted by molar-refractivity contribution is 6.35. The molecule has 1 heterocycles. The standard InChI is InChI=1S/C15H20ClN5O.2ClH/c1-20(2)7-4-8-21(15(17)18)14(22)13-9-10-11(16)5-3-6-12(10)19-13;;/h3,5-6,9,19H,4,7-8H2,1-2H3,(H3,17,18);2*1H. The Hall–Kier alpha value is -1.47. The lowest BCUT2D eigenvalue weighted by Gasteiger charge is -2.21. The number of H-pyrrole nitrogens is 1. The molecular formula is C15H22Cl3N5O. The zero-order chi connectivity index (χ0) is 16.3. The largest absolute Gasteiger partial charge is 0.370 e. The van der Waals surface area contributed by atoms with Crippen LogP contribution in [0.15, 0.2) is 24.3 Å². The highest BCUT2D eigenvalue weighted by Gasteiger charge is 2.20. The van der Waals surface area contributed by atoms with E-state index < -0.39 is 0 Å². The Morgan fingerprint density at radius 2 is 1.96 bits per heavy atom. The molecule has 0 spiro atoms. The van der Waals surface area contributed by atoms with E-state index in [1.165, 1.54) is 4.90 Å². The molecule has 134 valence electrons. The number of hydrogen-bond donors (Lipinski definition) is 3. The zero-order valence-corrected chi connectivity index (χ0v) is 15.9. The van der Waals surface area contributed by atoms with Crippen molar-refractivity contribution in [3.05, 3.63) is 35.0 Å². The number of hydrogen-bond acceptors (Lipinski definition) is 3. The predicted molar refractivity (Wildman–Crippen MR) is 104 cm³/mol. The first-order chi connectivity index (χ1) is 10.4. The minimum atomic E-state index is -0.321. The Morgan fingerprint density at radius 1 is 1.29 bits per heavy atom. The number of amides is 1. The summed E-state index contributed by atoms with van der Waals surface area (Å²) in [6.45, 7) is 1.21. The number of carbonyl (C=O) groups is 1. The number of carbonyl (C=O) groups excluding carboxylic acids is 1. The molecule has 0 unspecified atom stereocenters. The van der Waals surface area contributed by atoms with Gasteiger partial charge >= 0.3 is 0 Å². The van der Waals surface area contributed by atoms with Gasteiger partial charge in [0.15, 0.2) is 5.96 Å². The van der Waals surface area contributed by atoms with Crippen molar-refractivity contribution < 1.29 is 4.79 Å². The highest BCUT2D eigenvalue weighted by atomic mass is 35.5. The number of fused-ring (bicyclic) bond motifs is 1. The summed E-state index contributed by atoms with van der Waals surface area (Å²) in [6, 6.07) is 7.13. The monoisotopic (exact) mass is 393 g/mol. The molecule has 1 aromatic carbocycles. The van der Waals surface area contributed by atoms with E-state index in [-0.39, 0.29) is 36.7 Å². The molecule has 9 heteroatoms. The lowest BCUT2D eigenvalue weighted by atomic mass is 10.2. The molecule has 6 nitrogen and oxygen atoms in total. The Morgan fingerprint density at radius 3 is 2.50 bits per heavy atom. The molecular weight excluding hydrogens is 373 g/mol. The van der Waals surface area contributed by atoms with E-state index in [4.69, 9.17) is 22.7 Å². The van der Waals surface area contributed by atoms with Crippen molar-refractivity contribution in [1.29, 1.82) is 5.41 Å². The maximum Gasteiger partial charge on any atom is 0.276 e. The van der Waals surface area contributed by atoms with Crippen LogP contribution in [0.5, 0.6) is 0 Å². The fourth-order valence-corrected chi connectivity index (χ4v) is 2.48. The highest BCUT2D eigenvalue weighted by Crippen LogP contribution is 2.24. The summed E-state index contributed by atoms with van der Waals surface area (Å²) in [5.74, 6) is -0.577. The van der Waals surface area contributed by atoms with Crippen molar-refractivity contribution in [2.45, 2.75) is 6.42 Å². The van der Waals surface area contributed by atoms with Gasteiger partial charge in [-0.2, -0.15) is 0 Å². The van der Waals surface area contributed by atoms with E-state index in [1.54, 1.807) is 12.1 Å². The second-order valence-corrected chi connectivity index (χ2v) is 5.79. The van der Waals surface area contributed by atoms with Gasteiger partial charge in [-0.1, -0.05) is 17.7 Å². The number of aromatic amines is 1.